The van der Waals surface area contributed by atoms with Crippen LogP contribution in [-0.4, -0.2) is 31.7 Å². The first-order chi connectivity index (χ1) is 14.8. The van der Waals surface area contributed by atoms with Crippen LogP contribution in [0.5, 0.6) is 0 Å². The van der Waals surface area contributed by atoms with E-state index < -0.39 is 10.0 Å². The molecule has 0 radical (unpaired) electrons. The van der Waals surface area contributed by atoms with E-state index in [4.69, 9.17) is 11.6 Å². The Kier molecular flexibility index (Phi) is 8.14. The lowest BCUT2D eigenvalue weighted by molar-refractivity contribution is -0.127. The van der Waals surface area contributed by atoms with E-state index in [2.05, 4.69) is 19.2 Å². The number of carbonyl (C=O) groups excluding carboxylic acids is 1. The van der Waals surface area contributed by atoms with Gasteiger partial charge < -0.3 is 5.32 Å². The smallest absolute Gasteiger partial charge is 0.223 e. The number of nitrogens with one attached hydrogen (secondary N) is 1. The molecule has 1 aliphatic heterocycles. The number of sulfonamides is 1. The summed E-state index contributed by atoms with van der Waals surface area (Å²) in [5.74, 6) is 0.165. The molecule has 0 aromatic heterocycles. The summed E-state index contributed by atoms with van der Waals surface area (Å²) in [5.41, 5.74) is 1.70. The van der Waals surface area contributed by atoms with Crippen LogP contribution >= 0.6 is 11.6 Å². The Labute approximate surface area is 190 Å². The molecule has 1 N–H and O–H groups in total. The van der Waals surface area contributed by atoms with Gasteiger partial charge in [-0.15, -0.1) is 0 Å². The summed E-state index contributed by atoms with van der Waals surface area (Å²) in [5, 5.41) is 3.67. The van der Waals surface area contributed by atoms with Gasteiger partial charge in [0.05, 0.1) is 11.8 Å². The Bertz CT molecular complexity index is 971. The van der Waals surface area contributed by atoms with Crippen molar-refractivity contribution in [2.45, 2.75) is 44.9 Å². The van der Waals surface area contributed by atoms with Gasteiger partial charge in [-0.2, -0.15) is 0 Å². The minimum Gasteiger partial charge on any atom is -0.349 e. The second kappa shape index (κ2) is 10.6. The van der Waals surface area contributed by atoms with Crippen LogP contribution in [0.4, 0.5) is 0 Å². The van der Waals surface area contributed by atoms with E-state index in [0.717, 1.165) is 12.0 Å². The standard InChI is InChI=1S/C24H31ClN2O3S/c1-18(2)16-23(19-8-4-3-5-9-19)26-24(28)20-12-14-27(15-13-20)31(29,30)17-21-10-6-7-11-22(21)25/h3-11,18,20,23H,12-17H2,1-2H3,(H,26,28). The van der Waals surface area contributed by atoms with Crippen LogP contribution < -0.4 is 5.32 Å². The minimum atomic E-state index is -3.47. The maximum atomic E-state index is 13.0. The summed E-state index contributed by atoms with van der Waals surface area (Å²) in [4.78, 5) is 13.0. The second-order valence-corrected chi connectivity index (χ2v) is 11.0. The summed E-state index contributed by atoms with van der Waals surface area (Å²) in [7, 11) is -3.47. The molecule has 1 aliphatic rings. The molecule has 0 saturated carbocycles. The molecule has 2 aromatic carbocycles. The molecule has 1 fully saturated rings. The molecule has 0 bridgehead atoms. The van der Waals surface area contributed by atoms with Gasteiger partial charge in [0.2, 0.25) is 15.9 Å². The summed E-state index contributed by atoms with van der Waals surface area (Å²) in [6, 6.07) is 17.0. The number of hydrogen-bond acceptors (Lipinski definition) is 3. The number of halogens is 1. The largest absolute Gasteiger partial charge is 0.349 e. The molecule has 1 heterocycles. The van der Waals surface area contributed by atoms with Crippen molar-refractivity contribution in [3.05, 3.63) is 70.7 Å². The van der Waals surface area contributed by atoms with Crippen LogP contribution in [0.2, 0.25) is 5.02 Å². The maximum absolute atomic E-state index is 13.0. The molecule has 1 atom stereocenters. The van der Waals surface area contributed by atoms with E-state index in [1.165, 1.54) is 4.31 Å². The molecule has 31 heavy (non-hydrogen) atoms. The number of hydrogen-bond donors (Lipinski definition) is 1. The van der Waals surface area contributed by atoms with Crippen LogP contribution in [0, 0.1) is 11.8 Å². The first-order valence-corrected chi connectivity index (χ1v) is 12.8. The normalized spacial score (nSPS) is 16.9. The molecular formula is C24H31ClN2O3S. The topological polar surface area (TPSA) is 66.5 Å². The molecule has 7 heteroatoms. The zero-order valence-electron chi connectivity index (χ0n) is 18.1. The van der Waals surface area contributed by atoms with Crippen molar-refractivity contribution < 1.29 is 13.2 Å². The highest BCUT2D eigenvalue weighted by molar-refractivity contribution is 7.88. The highest BCUT2D eigenvalue weighted by atomic mass is 35.5. The Morgan fingerprint density at radius 1 is 1.06 bits per heavy atom. The first kappa shape index (κ1) is 23.8. The summed E-state index contributed by atoms with van der Waals surface area (Å²) >= 11 is 6.13. The highest BCUT2D eigenvalue weighted by Crippen LogP contribution is 2.26. The molecule has 1 unspecified atom stereocenters. The Morgan fingerprint density at radius 2 is 1.68 bits per heavy atom. The van der Waals surface area contributed by atoms with E-state index in [0.29, 0.717) is 42.4 Å². The molecule has 0 aliphatic carbocycles. The van der Waals surface area contributed by atoms with E-state index in [1.807, 2.05) is 30.3 Å². The Hall–Kier alpha value is -1.89. The molecule has 1 saturated heterocycles. The van der Waals surface area contributed by atoms with Gasteiger partial charge in [0, 0.05) is 24.0 Å². The van der Waals surface area contributed by atoms with E-state index in [9.17, 15) is 13.2 Å². The van der Waals surface area contributed by atoms with E-state index >= 15 is 0 Å². The zero-order valence-corrected chi connectivity index (χ0v) is 19.7. The quantitative estimate of drug-likeness (QED) is 0.613. The predicted molar refractivity (Wildman–Crippen MR) is 125 cm³/mol. The molecule has 5 nitrogen and oxygen atoms in total. The fourth-order valence-corrected chi connectivity index (χ4v) is 5.90. The first-order valence-electron chi connectivity index (χ1n) is 10.8. The predicted octanol–water partition coefficient (Wildman–Crippen LogP) is 4.79. The fraction of sp³-hybridized carbons (Fsp3) is 0.458. The van der Waals surface area contributed by atoms with Gasteiger partial charge in [0.15, 0.2) is 0 Å². The summed E-state index contributed by atoms with van der Waals surface area (Å²) in [6.45, 7) is 4.99. The minimum absolute atomic E-state index is 0.0117. The van der Waals surface area contributed by atoms with Crippen LogP contribution in [0.3, 0.4) is 0 Å². The fourth-order valence-electron chi connectivity index (χ4n) is 4.02. The van der Waals surface area contributed by atoms with Crippen molar-refractivity contribution >= 4 is 27.5 Å². The Morgan fingerprint density at radius 3 is 2.29 bits per heavy atom. The third-order valence-corrected chi connectivity index (χ3v) is 7.94. The lowest BCUT2D eigenvalue weighted by Gasteiger charge is -2.32. The number of carbonyl (C=O) groups is 1. The molecular weight excluding hydrogens is 432 g/mol. The van der Waals surface area contributed by atoms with Crippen LogP contribution in [0.15, 0.2) is 54.6 Å². The maximum Gasteiger partial charge on any atom is 0.223 e. The van der Waals surface area contributed by atoms with Gasteiger partial charge >= 0.3 is 0 Å². The van der Waals surface area contributed by atoms with Crippen LogP contribution in [0.1, 0.15) is 50.3 Å². The molecule has 0 spiro atoms. The third-order valence-electron chi connectivity index (χ3n) is 5.74. The van der Waals surface area contributed by atoms with Gasteiger partial charge in [-0.05, 0) is 42.4 Å². The lowest BCUT2D eigenvalue weighted by Crippen LogP contribution is -2.44. The zero-order chi connectivity index (χ0) is 22.4. The number of rotatable bonds is 8. The van der Waals surface area contributed by atoms with Crippen molar-refractivity contribution in [1.29, 1.82) is 0 Å². The highest BCUT2D eigenvalue weighted by Gasteiger charge is 2.32. The number of nitrogens with zero attached hydrogens (tertiary/aromatic N) is 1. The molecule has 168 valence electrons. The molecule has 1 amide bonds. The molecule has 2 aromatic rings. The lowest BCUT2D eigenvalue weighted by atomic mass is 9.93. The third kappa shape index (κ3) is 6.55. The monoisotopic (exact) mass is 462 g/mol. The van der Waals surface area contributed by atoms with Crippen molar-refractivity contribution in [2.75, 3.05) is 13.1 Å². The van der Waals surface area contributed by atoms with Gasteiger partial charge in [-0.1, -0.05) is 74.0 Å². The van der Waals surface area contributed by atoms with E-state index in [1.54, 1.807) is 24.3 Å². The van der Waals surface area contributed by atoms with Gasteiger partial charge in [-0.3, -0.25) is 4.79 Å². The number of benzene rings is 2. The average molecular weight is 463 g/mol. The van der Waals surface area contributed by atoms with Gasteiger partial charge in [0.25, 0.3) is 0 Å². The van der Waals surface area contributed by atoms with Gasteiger partial charge in [0.1, 0.15) is 0 Å². The van der Waals surface area contributed by atoms with Crippen LogP contribution in [0.25, 0.3) is 0 Å². The second-order valence-electron chi connectivity index (χ2n) is 8.62. The van der Waals surface area contributed by atoms with Crippen molar-refractivity contribution in [3.8, 4) is 0 Å². The van der Waals surface area contributed by atoms with Crippen molar-refractivity contribution in [3.63, 3.8) is 0 Å². The van der Waals surface area contributed by atoms with Crippen molar-refractivity contribution in [1.82, 2.24) is 9.62 Å². The van der Waals surface area contributed by atoms with Gasteiger partial charge in [-0.25, -0.2) is 12.7 Å². The van der Waals surface area contributed by atoms with Crippen molar-refractivity contribution in [2.24, 2.45) is 11.8 Å². The van der Waals surface area contributed by atoms with Crippen LogP contribution in [-0.2, 0) is 20.6 Å². The molecule has 3 rings (SSSR count). The number of amides is 1. The Balaban J connectivity index is 1.59. The summed E-state index contributed by atoms with van der Waals surface area (Å²) < 4.78 is 27.2. The summed E-state index contributed by atoms with van der Waals surface area (Å²) in [6.07, 6.45) is 1.91. The SMILES string of the molecule is CC(C)CC(NC(=O)C1CCN(S(=O)(=O)Cc2ccccc2Cl)CC1)c1ccccc1. The van der Waals surface area contributed by atoms with E-state index in [-0.39, 0.29) is 23.6 Å². The average Bonchev–Trinajstić information content (AvgIpc) is 2.75. The number of piperidine rings is 1.